The van der Waals surface area contributed by atoms with Gasteiger partial charge < -0.3 is 16.2 Å². The van der Waals surface area contributed by atoms with Crippen LogP contribution < -0.4 is 21.1 Å². The molecule has 1 aliphatic heterocycles. The molecule has 0 atom stereocenters. The SMILES string of the molecule is CC1CCC2(CC1)N=C(N)N=C(N)N2c1ccc(OCc2ccccc2)cc1. The first-order valence-corrected chi connectivity index (χ1v) is 9.82. The van der Waals surface area contributed by atoms with Gasteiger partial charge in [0.1, 0.15) is 18.0 Å². The van der Waals surface area contributed by atoms with E-state index < -0.39 is 5.66 Å². The molecule has 4 rings (SSSR count). The molecule has 0 bridgehead atoms. The number of nitrogens with two attached hydrogens (primary N) is 2. The fraction of sp³-hybridized carbons (Fsp3) is 0.364. The van der Waals surface area contributed by atoms with Crippen molar-refractivity contribution in [3.05, 3.63) is 60.2 Å². The number of anilines is 1. The van der Waals surface area contributed by atoms with Crippen molar-refractivity contribution in [3.63, 3.8) is 0 Å². The first kappa shape index (κ1) is 18.3. The number of guanidine groups is 2. The van der Waals surface area contributed by atoms with Gasteiger partial charge in [-0.15, -0.1) is 0 Å². The van der Waals surface area contributed by atoms with Gasteiger partial charge in [-0.1, -0.05) is 37.3 Å². The Morgan fingerprint density at radius 2 is 1.71 bits per heavy atom. The van der Waals surface area contributed by atoms with Crippen molar-refractivity contribution >= 4 is 17.6 Å². The zero-order valence-electron chi connectivity index (χ0n) is 16.2. The van der Waals surface area contributed by atoms with Crippen LogP contribution in [0.3, 0.4) is 0 Å². The Bertz CT molecular complexity index is 868. The Labute approximate surface area is 165 Å². The molecule has 28 heavy (non-hydrogen) atoms. The summed E-state index contributed by atoms with van der Waals surface area (Å²) in [6, 6.07) is 18.1. The van der Waals surface area contributed by atoms with E-state index in [-0.39, 0.29) is 5.96 Å². The van der Waals surface area contributed by atoms with Gasteiger partial charge in [-0.05, 0) is 61.4 Å². The van der Waals surface area contributed by atoms with Crippen LogP contribution in [0, 0.1) is 5.92 Å². The summed E-state index contributed by atoms with van der Waals surface area (Å²) in [5.41, 5.74) is 13.9. The summed E-state index contributed by atoms with van der Waals surface area (Å²) >= 11 is 0. The lowest BCUT2D eigenvalue weighted by Crippen LogP contribution is -2.58. The smallest absolute Gasteiger partial charge is 0.220 e. The summed E-state index contributed by atoms with van der Waals surface area (Å²) in [7, 11) is 0. The maximum Gasteiger partial charge on any atom is 0.220 e. The van der Waals surface area contributed by atoms with Crippen LogP contribution >= 0.6 is 0 Å². The standard InChI is InChI=1S/C22H27N5O/c1-16-11-13-22(14-12-16)26-20(23)25-21(24)27(22)18-7-9-19(10-8-18)28-15-17-5-3-2-4-6-17/h2-10,16H,11-15H2,1H3,(H4,23,24,25,26). The van der Waals surface area contributed by atoms with Gasteiger partial charge in [0.15, 0.2) is 0 Å². The fourth-order valence-electron chi connectivity index (χ4n) is 4.03. The van der Waals surface area contributed by atoms with E-state index in [0.29, 0.717) is 18.5 Å². The van der Waals surface area contributed by atoms with Gasteiger partial charge in [0.2, 0.25) is 11.9 Å². The highest BCUT2D eigenvalue weighted by atomic mass is 16.5. The number of hydrogen-bond donors (Lipinski definition) is 2. The van der Waals surface area contributed by atoms with Crippen LogP contribution in [0.4, 0.5) is 5.69 Å². The average Bonchev–Trinajstić information content (AvgIpc) is 2.70. The number of benzene rings is 2. The summed E-state index contributed by atoms with van der Waals surface area (Å²) in [6.07, 6.45) is 4.02. The van der Waals surface area contributed by atoms with Crippen molar-refractivity contribution in [1.29, 1.82) is 0 Å². The molecular weight excluding hydrogens is 350 g/mol. The molecule has 2 aromatic rings. The minimum Gasteiger partial charge on any atom is -0.489 e. The lowest BCUT2D eigenvalue weighted by atomic mass is 9.81. The summed E-state index contributed by atoms with van der Waals surface area (Å²) < 4.78 is 5.90. The van der Waals surface area contributed by atoms with Crippen molar-refractivity contribution in [2.24, 2.45) is 27.4 Å². The molecule has 0 radical (unpaired) electrons. The average molecular weight is 377 g/mol. The van der Waals surface area contributed by atoms with E-state index in [0.717, 1.165) is 42.7 Å². The maximum atomic E-state index is 6.30. The predicted molar refractivity (Wildman–Crippen MR) is 113 cm³/mol. The molecular formula is C22H27N5O. The van der Waals surface area contributed by atoms with Gasteiger partial charge in [0.05, 0.1) is 0 Å². The van der Waals surface area contributed by atoms with Gasteiger partial charge in [-0.2, -0.15) is 4.99 Å². The van der Waals surface area contributed by atoms with Crippen molar-refractivity contribution in [3.8, 4) is 5.75 Å². The van der Waals surface area contributed by atoms with E-state index in [9.17, 15) is 0 Å². The molecule has 0 unspecified atom stereocenters. The van der Waals surface area contributed by atoms with E-state index in [4.69, 9.17) is 21.2 Å². The molecule has 1 spiro atoms. The topological polar surface area (TPSA) is 89.2 Å². The Morgan fingerprint density at radius 1 is 1.04 bits per heavy atom. The van der Waals surface area contributed by atoms with E-state index >= 15 is 0 Å². The van der Waals surface area contributed by atoms with Gasteiger partial charge >= 0.3 is 0 Å². The molecule has 2 aromatic carbocycles. The Balaban J connectivity index is 1.54. The van der Waals surface area contributed by atoms with Crippen LogP contribution in [0.1, 0.15) is 38.2 Å². The molecule has 1 aliphatic carbocycles. The number of nitrogens with zero attached hydrogens (tertiary/aromatic N) is 3. The number of aliphatic imine (C=N–C) groups is 2. The van der Waals surface area contributed by atoms with Crippen LogP contribution in [-0.2, 0) is 6.61 Å². The monoisotopic (exact) mass is 377 g/mol. The quantitative estimate of drug-likeness (QED) is 0.851. The van der Waals surface area contributed by atoms with Gasteiger partial charge in [0.25, 0.3) is 0 Å². The molecule has 6 heteroatoms. The Hall–Kier alpha value is -3.02. The Kier molecular flexibility index (Phi) is 4.94. The summed E-state index contributed by atoms with van der Waals surface area (Å²) in [5.74, 6) is 2.18. The molecule has 1 saturated carbocycles. The highest BCUT2D eigenvalue weighted by molar-refractivity contribution is 6.05. The molecule has 1 heterocycles. The van der Waals surface area contributed by atoms with Crippen LogP contribution in [0.5, 0.6) is 5.75 Å². The van der Waals surface area contributed by atoms with Crippen LogP contribution in [0.2, 0.25) is 0 Å². The van der Waals surface area contributed by atoms with Gasteiger partial charge in [-0.25, -0.2) is 4.99 Å². The normalized spacial score (nSPS) is 24.6. The first-order valence-electron chi connectivity index (χ1n) is 9.82. The van der Waals surface area contributed by atoms with E-state index in [1.165, 1.54) is 0 Å². The second-order valence-electron chi connectivity index (χ2n) is 7.71. The van der Waals surface area contributed by atoms with Crippen LogP contribution in [0.15, 0.2) is 64.6 Å². The van der Waals surface area contributed by atoms with Crippen LogP contribution in [-0.4, -0.2) is 17.6 Å². The van der Waals surface area contributed by atoms with Crippen molar-refractivity contribution in [2.45, 2.75) is 44.9 Å². The second kappa shape index (κ2) is 7.54. The third-order valence-corrected chi connectivity index (χ3v) is 5.62. The van der Waals surface area contributed by atoms with E-state index in [1.54, 1.807) is 0 Å². The van der Waals surface area contributed by atoms with Crippen LogP contribution in [0.25, 0.3) is 0 Å². The number of ether oxygens (including phenoxy) is 1. The first-order chi connectivity index (χ1) is 13.6. The molecule has 1 fully saturated rings. The molecule has 2 aliphatic rings. The highest BCUT2D eigenvalue weighted by Gasteiger charge is 2.43. The minimum absolute atomic E-state index is 0.270. The van der Waals surface area contributed by atoms with Crippen molar-refractivity contribution < 1.29 is 4.74 Å². The highest BCUT2D eigenvalue weighted by Crippen LogP contribution is 2.41. The van der Waals surface area contributed by atoms with Crippen molar-refractivity contribution in [1.82, 2.24) is 0 Å². The lowest BCUT2D eigenvalue weighted by molar-refractivity contribution is 0.252. The lowest BCUT2D eigenvalue weighted by Gasteiger charge is -2.46. The Morgan fingerprint density at radius 3 is 2.39 bits per heavy atom. The molecule has 0 saturated heterocycles. The summed E-state index contributed by atoms with van der Waals surface area (Å²) in [6.45, 7) is 2.82. The zero-order chi connectivity index (χ0) is 19.6. The predicted octanol–water partition coefficient (Wildman–Crippen LogP) is 3.62. The largest absolute Gasteiger partial charge is 0.489 e. The zero-order valence-corrected chi connectivity index (χ0v) is 16.2. The third kappa shape index (κ3) is 3.67. The summed E-state index contributed by atoms with van der Waals surface area (Å²) in [4.78, 5) is 11.0. The maximum absolute atomic E-state index is 6.30. The molecule has 6 nitrogen and oxygen atoms in total. The number of rotatable bonds is 4. The second-order valence-corrected chi connectivity index (χ2v) is 7.71. The summed E-state index contributed by atoms with van der Waals surface area (Å²) in [5, 5.41) is 0. The van der Waals surface area contributed by atoms with Gasteiger partial charge in [-0.3, -0.25) is 4.90 Å². The van der Waals surface area contributed by atoms with Crippen molar-refractivity contribution in [2.75, 3.05) is 4.90 Å². The van der Waals surface area contributed by atoms with Gasteiger partial charge in [0, 0.05) is 5.69 Å². The fourth-order valence-corrected chi connectivity index (χ4v) is 4.03. The third-order valence-electron chi connectivity index (χ3n) is 5.62. The molecule has 146 valence electrons. The van der Waals surface area contributed by atoms with E-state index in [2.05, 4.69) is 24.0 Å². The number of hydrogen-bond acceptors (Lipinski definition) is 6. The molecule has 0 amide bonds. The molecule has 4 N–H and O–H groups in total. The minimum atomic E-state index is -0.436. The van der Waals surface area contributed by atoms with E-state index in [1.807, 2.05) is 47.4 Å². The molecule has 0 aromatic heterocycles.